The van der Waals surface area contributed by atoms with Gasteiger partial charge in [0.2, 0.25) is 0 Å². The van der Waals surface area contributed by atoms with Crippen LogP contribution in [0.4, 0.5) is 18.3 Å². The van der Waals surface area contributed by atoms with Crippen LogP contribution in [-0.2, 0) is 15.7 Å². The van der Waals surface area contributed by atoms with Gasteiger partial charge in [-0.05, 0) is 18.2 Å². The van der Waals surface area contributed by atoms with Gasteiger partial charge in [-0.2, -0.15) is 18.2 Å². The lowest BCUT2D eigenvalue weighted by atomic mass is 10.2. The van der Waals surface area contributed by atoms with E-state index < -0.39 is 11.7 Å². The third-order valence-electron chi connectivity index (χ3n) is 4.98. The van der Waals surface area contributed by atoms with Gasteiger partial charge in [0.1, 0.15) is 12.4 Å². The van der Waals surface area contributed by atoms with Crippen molar-refractivity contribution in [3.63, 3.8) is 0 Å². The summed E-state index contributed by atoms with van der Waals surface area (Å²) in [7, 11) is 0. The molecule has 0 amide bonds. The Morgan fingerprint density at radius 1 is 1.18 bits per heavy atom. The van der Waals surface area contributed by atoms with Crippen LogP contribution in [0.2, 0.25) is 0 Å². The van der Waals surface area contributed by atoms with E-state index >= 15 is 0 Å². The van der Waals surface area contributed by atoms with Crippen LogP contribution in [0.25, 0.3) is 10.3 Å². The van der Waals surface area contributed by atoms with Gasteiger partial charge in [0.05, 0.1) is 48.9 Å². The zero-order valence-corrected chi connectivity index (χ0v) is 19.8. The standard InChI is InChI=1S/C17H16F3N5OS.C4H8O2.ClH/c18-17(19,20)11-6-14-15(23-7-11)24-16(27-14)25-5-4-22-8-12(25)10-26-13-2-1-3-21-9-13;1-2-6-4-3-5-1;/h1-3,6-7,9,12,22H,4-5,8,10H2;1-4H2;1H. The van der Waals surface area contributed by atoms with E-state index in [0.29, 0.717) is 40.9 Å². The molecule has 1 atom stereocenters. The van der Waals surface area contributed by atoms with Crippen molar-refractivity contribution in [2.75, 3.05) is 57.6 Å². The summed E-state index contributed by atoms with van der Waals surface area (Å²) >= 11 is 1.22. The van der Waals surface area contributed by atoms with Crippen molar-refractivity contribution in [1.29, 1.82) is 0 Å². The van der Waals surface area contributed by atoms with Crippen molar-refractivity contribution in [2.24, 2.45) is 0 Å². The van der Waals surface area contributed by atoms with Gasteiger partial charge in [0.25, 0.3) is 0 Å². The molecule has 5 heterocycles. The van der Waals surface area contributed by atoms with Crippen LogP contribution >= 0.6 is 23.7 Å². The van der Waals surface area contributed by atoms with Crippen molar-refractivity contribution in [2.45, 2.75) is 12.2 Å². The Bertz CT molecular complexity index is 1010. The number of rotatable bonds is 4. The lowest BCUT2D eigenvalue weighted by molar-refractivity contribution is -0.137. The predicted molar refractivity (Wildman–Crippen MR) is 125 cm³/mol. The van der Waals surface area contributed by atoms with E-state index in [-0.39, 0.29) is 18.4 Å². The number of aromatic nitrogens is 3. The van der Waals surface area contributed by atoms with Gasteiger partial charge in [-0.1, -0.05) is 11.3 Å². The van der Waals surface area contributed by atoms with Crippen molar-refractivity contribution < 1.29 is 27.4 Å². The fraction of sp³-hybridized carbons (Fsp3) is 0.476. The topological polar surface area (TPSA) is 81.6 Å². The van der Waals surface area contributed by atoms with E-state index in [1.807, 2.05) is 6.07 Å². The fourth-order valence-electron chi connectivity index (χ4n) is 3.31. The number of alkyl halides is 3. The summed E-state index contributed by atoms with van der Waals surface area (Å²) in [5.74, 6) is 0.670. The Labute approximate surface area is 204 Å². The van der Waals surface area contributed by atoms with E-state index in [1.165, 1.54) is 11.3 Å². The maximum atomic E-state index is 12.9. The molecule has 0 spiro atoms. The Kier molecular flexibility index (Phi) is 9.65. The van der Waals surface area contributed by atoms with E-state index in [1.54, 1.807) is 18.5 Å². The normalized spacial score (nSPS) is 18.6. The summed E-state index contributed by atoms with van der Waals surface area (Å²) in [5, 5.41) is 3.96. The lowest BCUT2D eigenvalue weighted by Crippen LogP contribution is -2.54. The number of hydrogen-bond acceptors (Lipinski definition) is 9. The first-order chi connectivity index (χ1) is 16.0. The van der Waals surface area contributed by atoms with Crippen LogP contribution in [-0.4, -0.2) is 73.7 Å². The van der Waals surface area contributed by atoms with Crippen molar-refractivity contribution in [3.05, 3.63) is 42.4 Å². The van der Waals surface area contributed by atoms with Crippen LogP contribution in [0.5, 0.6) is 5.75 Å². The molecule has 3 aromatic heterocycles. The number of piperazine rings is 1. The molecule has 1 unspecified atom stereocenters. The molecule has 0 saturated carbocycles. The summed E-state index contributed by atoms with van der Waals surface area (Å²) in [6.07, 6.45) is -0.279. The Morgan fingerprint density at radius 2 is 1.94 bits per heavy atom. The number of ether oxygens (including phenoxy) is 3. The summed E-state index contributed by atoms with van der Waals surface area (Å²) in [6, 6.07) is 4.73. The SMILES string of the molecule is C1COCCO1.Cl.FC(F)(F)c1cnc2nc(N3CCNCC3COc3cccnc3)sc2c1. The smallest absolute Gasteiger partial charge is 0.417 e. The van der Waals surface area contributed by atoms with Crippen molar-refractivity contribution in [3.8, 4) is 5.75 Å². The summed E-state index contributed by atoms with van der Waals surface area (Å²) < 4.78 is 54.8. The van der Waals surface area contributed by atoms with E-state index in [9.17, 15) is 13.2 Å². The second-order valence-electron chi connectivity index (χ2n) is 7.32. The Hall–Kier alpha value is -2.25. The Balaban J connectivity index is 0.000000405. The highest BCUT2D eigenvalue weighted by atomic mass is 35.5. The van der Waals surface area contributed by atoms with Gasteiger partial charge < -0.3 is 24.4 Å². The number of nitrogens with zero attached hydrogens (tertiary/aromatic N) is 4. The van der Waals surface area contributed by atoms with Gasteiger partial charge in [-0.25, -0.2) is 4.98 Å². The molecular weight excluding hydrogens is 495 g/mol. The fourth-order valence-corrected chi connectivity index (χ4v) is 4.37. The first-order valence-electron chi connectivity index (χ1n) is 10.5. The average molecular weight is 520 g/mol. The van der Waals surface area contributed by atoms with Crippen molar-refractivity contribution in [1.82, 2.24) is 20.3 Å². The number of nitrogens with one attached hydrogen (secondary N) is 1. The van der Waals surface area contributed by atoms with Gasteiger partial charge in [-0.3, -0.25) is 4.98 Å². The largest absolute Gasteiger partial charge is 0.490 e. The molecule has 13 heteroatoms. The molecule has 3 aromatic rings. The molecule has 186 valence electrons. The van der Waals surface area contributed by atoms with Crippen LogP contribution in [0, 0.1) is 0 Å². The number of fused-ring (bicyclic) bond motifs is 1. The molecule has 2 aliphatic rings. The monoisotopic (exact) mass is 519 g/mol. The second kappa shape index (κ2) is 12.5. The van der Waals surface area contributed by atoms with E-state index in [0.717, 1.165) is 45.2 Å². The van der Waals surface area contributed by atoms with Gasteiger partial charge in [0.15, 0.2) is 10.8 Å². The number of thiazole rings is 1. The summed E-state index contributed by atoms with van der Waals surface area (Å²) in [5.41, 5.74) is -0.435. The first-order valence-corrected chi connectivity index (χ1v) is 11.3. The average Bonchev–Trinajstić information content (AvgIpc) is 3.28. The molecule has 34 heavy (non-hydrogen) atoms. The molecule has 5 rings (SSSR count). The summed E-state index contributed by atoms with van der Waals surface area (Å²) in [6.45, 7) is 5.67. The second-order valence-corrected chi connectivity index (χ2v) is 8.32. The van der Waals surface area contributed by atoms with Crippen LogP contribution in [0.15, 0.2) is 36.8 Å². The molecule has 2 saturated heterocycles. The molecule has 1 N–H and O–H groups in total. The van der Waals surface area contributed by atoms with Crippen LogP contribution in [0.3, 0.4) is 0 Å². The molecule has 0 bridgehead atoms. The minimum atomic E-state index is -4.42. The number of halogens is 4. The van der Waals surface area contributed by atoms with Crippen LogP contribution < -0.4 is 15.0 Å². The summed E-state index contributed by atoms with van der Waals surface area (Å²) in [4.78, 5) is 14.4. The maximum Gasteiger partial charge on any atom is 0.417 e. The molecular formula is C21H25ClF3N5O3S. The van der Waals surface area contributed by atoms with Gasteiger partial charge in [0, 0.05) is 32.0 Å². The number of anilines is 1. The number of pyridine rings is 2. The molecule has 2 aliphatic heterocycles. The highest BCUT2D eigenvalue weighted by molar-refractivity contribution is 7.22. The Morgan fingerprint density at radius 3 is 2.59 bits per heavy atom. The molecule has 2 fully saturated rings. The van der Waals surface area contributed by atoms with Crippen molar-refractivity contribution >= 4 is 39.2 Å². The lowest BCUT2D eigenvalue weighted by Gasteiger charge is -2.35. The molecule has 8 nitrogen and oxygen atoms in total. The van der Waals surface area contributed by atoms with E-state index in [4.69, 9.17) is 14.2 Å². The maximum absolute atomic E-state index is 12.9. The number of hydrogen-bond donors (Lipinski definition) is 1. The highest BCUT2D eigenvalue weighted by Gasteiger charge is 2.32. The van der Waals surface area contributed by atoms with E-state index in [2.05, 4.69) is 25.2 Å². The van der Waals surface area contributed by atoms with Gasteiger partial charge in [-0.15, -0.1) is 12.4 Å². The zero-order valence-electron chi connectivity index (χ0n) is 18.2. The third kappa shape index (κ3) is 7.12. The van der Waals surface area contributed by atoms with Gasteiger partial charge >= 0.3 is 6.18 Å². The predicted octanol–water partition coefficient (Wildman–Crippen LogP) is 3.42. The third-order valence-corrected chi connectivity index (χ3v) is 6.01. The minimum absolute atomic E-state index is 0. The molecule has 0 aliphatic carbocycles. The highest BCUT2D eigenvalue weighted by Crippen LogP contribution is 2.34. The molecule has 0 radical (unpaired) electrons. The minimum Gasteiger partial charge on any atom is -0.490 e. The zero-order chi connectivity index (χ0) is 23.1. The molecule has 0 aromatic carbocycles. The quantitative estimate of drug-likeness (QED) is 0.561. The first kappa shape index (κ1) is 26.4. The van der Waals surface area contributed by atoms with Crippen LogP contribution in [0.1, 0.15) is 5.56 Å².